The van der Waals surface area contributed by atoms with Gasteiger partial charge >= 0.3 is 0 Å². The van der Waals surface area contributed by atoms with Gasteiger partial charge in [-0.15, -0.1) is 0 Å². The molecule has 68 valence electrons. The van der Waals surface area contributed by atoms with E-state index >= 15 is 0 Å². The smallest absolute Gasteiger partial charge is 0.0443 e. The molecule has 1 rings (SSSR count). The SMILES string of the molecule is CCCn1cccc1C(C)NC. The molecule has 1 atom stereocenters. The lowest BCUT2D eigenvalue weighted by Crippen LogP contribution is -2.16. The minimum Gasteiger partial charge on any atom is -0.350 e. The van der Waals surface area contributed by atoms with Gasteiger partial charge in [0.05, 0.1) is 0 Å². The van der Waals surface area contributed by atoms with Crippen molar-refractivity contribution in [3.05, 3.63) is 24.0 Å². The highest BCUT2D eigenvalue weighted by atomic mass is 15.0. The molecular formula is C10H18N2. The number of hydrogen-bond donors (Lipinski definition) is 1. The fourth-order valence-corrected chi connectivity index (χ4v) is 1.41. The van der Waals surface area contributed by atoms with Crippen molar-refractivity contribution in [1.29, 1.82) is 0 Å². The maximum absolute atomic E-state index is 3.25. The fraction of sp³-hybridized carbons (Fsp3) is 0.600. The molecule has 1 aromatic heterocycles. The van der Waals surface area contributed by atoms with Crippen LogP contribution < -0.4 is 5.32 Å². The molecule has 0 saturated carbocycles. The van der Waals surface area contributed by atoms with Gasteiger partial charge in [0.1, 0.15) is 0 Å². The summed E-state index contributed by atoms with van der Waals surface area (Å²) >= 11 is 0. The summed E-state index contributed by atoms with van der Waals surface area (Å²) in [7, 11) is 1.99. The van der Waals surface area contributed by atoms with Gasteiger partial charge in [0.25, 0.3) is 0 Å². The first kappa shape index (κ1) is 9.33. The minimum atomic E-state index is 0.451. The average molecular weight is 166 g/mol. The minimum absolute atomic E-state index is 0.451. The third-order valence-electron chi connectivity index (χ3n) is 2.21. The summed E-state index contributed by atoms with van der Waals surface area (Å²) in [5.74, 6) is 0. The first-order chi connectivity index (χ1) is 5.79. The molecule has 12 heavy (non-hydrogen) atoms. The third kappa shape index (κ3) is 1.89. The quantitative estimate of drug-likeness (QED) is 0.725. The summed E-state index contributed by atoms with van der Waals surface area (Å²) in [5, 5.41) is 3.25. The lowest BCUT2D eigenvalue weighted by molar-refractivity contribution is 0.563. The van der Waals surface area contributed by atoms with Gasteiger partial charge in [-0.3, -0.25) is 0 Å². The molecule has 0 aliphatic carbocycles. The van der Waals surface area contributed by atoms with Crippen molar-refractivity contribution in [3.63, 3.8) is 0 Å². The van der Waals surface area contributed by atoms with Gasteiger partial charge in [-0.1, -0.05) is 6.92 Å². The Morgan fingerprint density at radius 3 is 2.92 bits per heavy atom. The largest absolute Gasteiger partial charge is 0.350 e. The summed E-state index contributed by atoms with van der Waals surface area (Å²) in [6.45, 7) is 5.50. The van der Waals surface area contributed by atoms with Crippen molar-refractivity contribution in [3.8, 4) is 0 Å². The number of aryl methyl sites for hydroxylation is 1. The Morgan fingerprint density at radius 2 is 2.33 bits per heavy atom. The van der Waals surface area contributed by atoms with Crippen molar-refractivity contribution in [2.75, 3.05) is 7.05 Å². The molecule has 0 spiro atoms. The molecule has 1 heterocycles. The van der Waals surface area contributed by atoms with E-state index in [-0.39, 0.29) is 0 Å². The summed E-state index contributed by atoms with van der Waals surface area (Å²) in [5.41, 5.74) is 1.37. The van der Waals surface area contributed by atoms with Crippen molar-refractivity contribution in [2.24, 2.45) is 0 Å². The lowest BCUT2D eigenvalue weighted by Gasteiger charge is -2.13. The predicted molar refractivity (Wildman–Crippen MR) is 52.2 cm³/mol. The van der Waals surface area contributed by atoms with E-state index in [0.29, 0.717) is 6.04 Å². The zero-order valence-corrected chi connectivity index (χ0v) is 8.17. The van der Waals surface area contributed by atoms with E-state index < -0.39 is 0 Å². The molecule has 1 aromatic rings. The van der Waals surface area contributed by atoms with Crippen LogP contribution in [0.15, 0.2) is 18.3 Å². The highest BCUT2D eigenvalue weighted by Crippen LogP contribution is 2.12. The van der Waals surface area contributed by atoms with Gasteiger partial charge in [0.2, 0.25) is 0 Å². The molecule has 0 aliphatic rings. The molecule has 1 unspecified atom stereocenters. The number of aromatic nitrogens is 1. The second-order valence-corrected chi connectivity index (χ2v) is 3.14. The second-order valence-electron chi connectivity index (χ2n) is 3.14. The van der Waals surface area contributed by atoms with Gasteiger partial charge in [0, 0.05) is 24.5 Å². The normalized spacial score (nSPS) is 13.2. The fourth-order valence-electron chi connectivity index (χ4n) is 1.41. The third-order valence-corrected chi connectivity index (χ3v) is 2.21. The monoisotopic (exact) mass is 166 g/mol. The van der Waals surface area contributed by atoms with Crippen LogP contribution in [0.5, 0.6) is 0 Å². The van der Waals surface area contributed by atoms with Crippen molar-refractivity contribution >= 4 is 0 Å². The van der Waals surface area contributed by atoms with Crippen LogP contribution in [0, 0.1) is 0 Å². The Bertz CT molecular complexity index is 227. The predicted octanol–water partition coefficient (Wildman–Crippen LogP) is 2.18. The standard InChI is InChI=1S/C10H18N2/c1-4-7-12-8-5-6-10(12)9(2)11-3/h5-6,8-9,11H,4,7H2,1-3H3. The van der Waals surface area contributed by atoms with E-state index in [1.54, 1.807) is 0 Å². The molecule has 0 bridgehead atoms. The van der Waals surface area contributed by atoms with Crippen LogP contribution in [0.2, 0.25) is 0 Å². The van der Waals surface area contributed by atoms with Crippen LogP contribution in [-0.4, -0.2) is 11.6 Å². The summed E-state index contributed by atoms with van der Waals surface area (Å²) < 4.78 is 2.31. The Kier molecular flexibility index (Phi) is 3.35. The molecule has 2 heteroatoms. The average Bonchev–Trinajstić information content (AvgIpc) is 2.52. The number of rotatable bonds is 4. The van der Waals surface area contributed by atoms with Crippen LogP contribution in [0.25, 0.3) is 0 Å². The van der Waals surface area contributed by atoms with Gasteiger partial charge in [-0.2, -0.15) is 0 Å². The molecule has 0 fully saturated rings. The van der Waals surface area contributed by atoms with E-state index in [9.17, 15) is 0 Å². The van der Waals surface area contributed by atoms with Crippen LogP contribution in [-0.2, 0) is 6.54 Å². The van der Waals surface area contributed by atoms with E-state index in [1.807, 2.05) is 7.05 Å². The maximum Gasteiger partial charge on any atom is 0.0443 e. The van der Waals surface area contributed by atoms with E-state index in [4.69, 9.17) is 0 Å². The zero-order valence-electron chi connectivity index (χ0n) is 8.17. The Morgan fingerprint density at radius 1 is 1.58 bits per heavy atom. The van der Waals surface area contributed by atoms with Crippen LogP contribution in [0.4, 0.5) is 0 Å². The van der Waals surface area contributed by atoms with Gasteiger partial charge in [-0.25, -0.2) is 0 Å². The van der Waals surface area contributed by atoms with Gasteiger partial charge < -0.3 is 9.88 Å². The van der Waals surface area contributed by atoms with E-state index in [1.165, 1.54) is 12.1 Å². The summed E-state index contributed by atoms with van der Waals surface area (Å²) in [6, 6.07) is 4.74. The highest BCUT2D eigenvalue weighted by molar-refractivity contribution is 5.11. The van der Waals surface area contributed by atoms with E-state index in [2.05, 4.69) is 42.1 Å². The Balaban J connectivity index is 2.76. The first-order valence-electron chi connectivity index (χ1n) is 4.62. The molecular weight excluding hydrogens is 148 g/mol. The van der Waals surface area contributed by atoms with Crippen molar-refractivity contribution in [2.45, 2.75) is 32.9 Å². The lowest BCUT2D eigenvalue weighted by atomic mass is 10.2. The van der Waals surface area contributed by atoms with Crippen LogP contribution in [0.3, 0.4) is 0 Å². The number of nitrogens with zero attached hydrogens (tertiary/aromatic N) is 1. The van der Waals surface area contributed by atoms with Crippen molar-refractivity contribution < 1.29 is 0 Å². The molecule has 0 aromatic carbocycles. The summed E-state index contributed by atoms with van der Waals surface area (Å²) in [4.78, 5) is 0. The Labute approximate surface area is 74.6 Å². The van der Waals surface area contributed by atoms with Gasteiger partial charge in [0.15, 0.2) is 0 Å². The molecule has 2 nitrogen and oxygen atoms in total. The topological polar surface area (TPSA) is 17.0 Å². The van der Waals surface area contributed by atoms with Crippen LogP contribution in [0.1, 0.15) is 32.0 Å². The Hall–Kier alpha value is -0.760. The van der Waals surface area contributed by atoms with Crippen molar-refractivity contribution in [1.82, 2.24) is 9.88 Å². The van der Waals surface area contributed by atoms with Gasteiger partial charge in [-0.05, 0) is 32.5 Å². The zero-order chi connectivity index (χ0) is 8.97. The number of nitrogens with one attached hydrogen (secondary N) is 1. The van der Waals surface area contributed by atoms with Crippen LogP contribution >= 0.6 is 0 Å². The number of hydrogen-bond acceptors (Lipinski definition) is 1. The van der Waals surface area contributed by atoms with E-state index in [0.717, 1.165) is 6.54 Å². The molecule has 0 amide bonds. The molecule has 0 radical (unpaired) electrons. The maximum atomic E-state index is 3.25. The first-order valence-corrected chi connectivity index (χ1v) is 4.62. The molecule has 0 aliphatic heterocycles. The second kappa shape index (κ2) is 4.31. The highest BCUT2D eigenvalue weighted by Gasteiger charge is 2.05. The molecule has 0 saturated heterocycles. The summed E-state index contributed by atoms with van der Waals surface area (Å²) in [6.07, 6.45) is 3.34. The molecule has 1 N–H and O–H groups in total.